The highest BCUT2D eigenvalue weighted by Gasteiger charge is 2.17. The summed E-state index contributed by atoms with van der Waals surface area (Å²) in [6.45, 7) is 4.18. The molecule has 0 radical (unpaired) electrons. The molecule has 0 fully saturated rings. The summed E-state index contributed by atoms with van der Waals surface area (Å²) in [5.74, 6) is 4.63. The number of hydrogen-bond donors (Lipinski definition) is 3. The molecule has 1 atom stereocenters. The van der Waals surface area contributed by atoms with Gasteiger partial charge in [0.1, 0.15) is 6.04 Å². The van der Waals surface area contributed by atoms with Gasteiger partial charge in [0.25, 0.3) is 0 Å². The average molecular weight is 208 g/mol. The first kappa shape index (κ1) is 11.7. The Balaban J connectivity index is 2.92. The Morgan fingerprint density at radius 2 is 1.73 bits per heavy atom. The van der Waals surface area contributed by atoms with Gasteiger partial charge < -0.3 is 5.11 Å². The van der Waals surface area contributed by atoms with Crippen LogP contribution in [-0.4, -0.2) is 11.1 Å². The number of benzene rings is 1. The molecule has 4 nitrogen and oxygen atoms in total. The minimum Gasteiger partial charge on any atom is -0.480 e. The lowest BCUT2D eigenvalue weighted by atomic mass is 9.99. The van der Waals surface area contributed by atoms with E-state index in [1.807, 2.05) is 12.1 Å². The Labute approximate surface area is 89.1 Å². The van der Waals surface area contributed by atoms with Crippen LogP contribution in [0.1, 0.15) is 36.9 Å². The predicted octanol–water partition coefficient (Wildman–Crippen LogP) is 1.40. The summed E-state index contributed by atoms with van der Waals surface area (Å²) < 4.78 is 0. The summed E-state index contributed by atoms with van der Waals surface area (Å²) in [5.41, 5.74) is 4.11. The van der Waals surface area contributed by atoms with E-state index in [0.717, 1.165) is 0 Å². The Bertz CT molecular complexity index is 333. The van der Waals surface area contributed by atoms with Crippen molar-refractivity contribution in [1.82, 2.24) is 5.43 Å². The second kappa shape index (κ2) is 4.91. The minimum absolute atomic E-state index is 0.438. The fourth-order valence-electron chi connectivity index (χ4n) is 1.38. The van der Waals surface area contributed by atoms with Gasteiger partial charge in [-0.2, -0.15) is 0 Å². The lowest BCUT2D eigenvalue weighted by Gasteiger charge is -2.12. The molecule has 4 N–H and O–H groups in total. The first-order valence-corrected chi connectivity index (χ1v) is 4.85. The van der Waals surface area contributed by atoms with Crippen molar-refractivity contribution in [1.29, 1.82) is 0 Å². The molecule has 0 aromatic heterocycles. The van der Waals surface area contributed by atoms with E-state index in [2.05, 4.69) is 19.3 Å². The molecule has 4 heteroatoms. The van der Waals surface area contributed by atoms with E-state index in [4.69, 9.17) is 10.9 Å². The zero-order chi connectivity index (χ0) is 11.4. The lowest BCUT2D eigenvalue weighted by molar-refractivity contribution is -0.139. The van der Waals surface area contributed by atoms with Crippen LogP contribution in [0.4, 0.5) is 0 Å². The summed E-state index contributed by atoms with van der Waals surface area (Å²) in [6, 6.07) is 6.58. The van der Waals surface area contributed by atoms with Gasteiger partial charge in [-0.05, 0) is 17.0 Å². The smallest absolute Gasteiger partial charge is 0.326 e. The third-order valence-electron chi connectivity index (χ3n) is 2.35. The van der Waals surface area contributed by atoms with E-state index in [9.17, 15) is 4.79 Å². The molecule has 1 unspecified atom stereocenters. The van der Waals surface area contributed by atoms with Crippen LogP contribution in [0.5, 0.6) is 0 Å². The molecule has 0 bridgehead atoms. The number of nitrogens with one attached hydrogen (secondary N) is 1. The van der Waals surface area contributed by atoms with Gasteiger partial charge in [-0.3, -0.25) is 10.6 Å². The van der Waals surface area contributed by atoms with Gasteiger partial charge in [-0.25, -0.2) is 5.43 Å². The van der Waals surface area contributed by atoms with Crippen molar-refractivity contribution in [3.8, 4) is 0 Å². The zero-order valence-corrected chi connectivity index (χ0v) is 8.90. The van der Waals surface area contributed by atoms with Crippen LogP contribution in [0.25, 0.3) is 0 Å². The van der Waals surface area contributed by atoms with Crippen LogP contribution in [0.3, 0.4) is 0 Å². The van der Waals surface area contributed by atoms with Crippen LogP contribution >= 0.6 is 0 Å². The maximum atomic E-state index is 10.8. The standard InChI is InChI=1S/C11H16N2O2/c1-7(2)8-3-5-9(6-4-8)10(13-12)11(14)15/h3-7,10,13H,12H2,1-2H3,(H,14,15). The number of carboxylic acids is 1. The van der Waals surface area contributed by atoms with Crippen molar-refractivity contribution in [2.24, 2.45) is 5.84 Å². The highest BCUT2D eigenvalue weighted by atomic mass is 16.4. The van der Waals surface area contributed by atoms with E-state index in [-0.39, 0.29) is 0 Å². The Morgan fingerprint density at radius 3 is 2.07 bits per heavy atom. The molecule has 1 aromatic carbocycles. The molecule has 0 aliphatic rings. The number of nitrogens with two attached hydrogens (primary N) is 1. The summed E-state index contributed by atoms with van der Waals surface area (Å²) in [6.07, 6.45) is 0. The number of carbonyl (C=O) groups is 1. The fraction of sp³-hybridized carbons (Fsp3) is 0.364. The number of rotatable bonds is 4. The van der Waals surface area contributed by atoms with E-state index in [1.165, 1.54) is 5.56 Å². The molecule has 1 aromatic rings. The zero-order valence-electron chi connectivity index (χ0n) is 8.90. The first-order valence-electron chi connectivity index (χ1n) is 4.85. The van der Waals surface area contributed by atoms with Crippen molar-refractivity contribution in [2.45, 2.75) is 25.8 Å². The first-order chi connectivity index (χ1) is 7.06. The van der Waals surface area contributed by atoms with Crippen molar-refractivity contribution in [2.75, 3.05) is 0 Å². The Kier molecular flexibility index (Phi) is 3.82. The Hall–Kier alpha value is -1.39. The Morgan fingerprint density at radius 1 is 1.27 bits per heavy atom. The molecule has 0 amide bonds. The molecule has 0 heterocycles. The lowest BCUT2D eigenvalue weighted by Crippen LogP contribution is -2.33. The molecule has 0 saturated heterocycles. The summed E-state index contributed by atoms with van der Waals surface area (Å²) in [5, 5.41) is 8.86. The van der Waals surface area contributed by atoms with Crippen molar-refractivity contribution >= 4 is 5.97 Å². The molecular weight excluding hydrogens is 192 g/mol. The SMILES string of the molecule is CC(C)c1ccc(C(NN)C(=O)O)cc1. The summed E-state index contributed by atoms with van der Waals surface area (Å²) >= 11 is 0. The van der Waals surface area contributed by atoms with E-state index in [1.54, 1.807) is 12.1 Å². The third-order valence-corrected chi connectivity index (χ3v) is 2.35. The molecule has 82 valence electrons. The molecular formula is C11H16N2O2. The normalized spacial score (nSPS) is 12.8. The molecule has 1 rings (SSSR count). The minimum atomic E-state index is -0.977. The van der Waals surface area contributed by atoms with E-state index in [0.29, 0.717) is 11.5 Å². The molecule has 15 heavy (non-hydrogen) atoms. The van der Waals surface area contributed by atoms with Gasteiger partial charge in [0, 0.05) is 0 Å². The predicted molar refractivity (Wildman–Crippen MR) is 58.2 cm³/mol. The second-order valence-electron chi connectivity index (χ2n) is 3.76. The maximum absolute atomic E-state index is 10.8. The van der Waals surface area contributed by atoms with Crippen LogP contribution < -0.4 is 11.3 Å². The maximum Gasteiger partial charge on any atom is 0.326 e. The van der Waals surface area contributed by atoms with Crippen LogP contribution in [0.15, 0.2) is 24.3 Å². The van der Waals surface area contributed by atoms with Gasteiger partial charge in [-0.15, -0.1) is 0 Å². The van der Waals surface area contributed by atoms with E-state index >= 15 is 0 Å². The molecule has 0 saturated carbocycles. The van der Waals surface area contributed by atoms with Crippen molar-refractivity contribution < 1.29 is 9.90 Å². The third kappa shape index (κ3) is 2.78. The number of aliphatic carboxylic acids is 1. The van der Waals surface area contributed by atoms with Crippen LogP contribution in [-0.2, 0) is 4.79 Å². The fourth-order valence-corrected chi connectivity index (χ4v) is 1.38. The topological polar surface area (TPSA) is 75.3 Å². The van der Waals surface area contributed by atoms with Gasteiger partial charge in [0.2, 0.25) is 0 Å². The summed E-state index contributed by atoms with van der Waals surface area (Å²) in [4.78, 5) is 10.8. The van der Waals surface area contributed by atoms with Gasteiger partial charge >= 0.3 is 5.97 Å². The van der Waals surface area contributed by atoms with Gasteiger partial charge in [-0.1, -0.05) is 38.1 Å². The second-order valence-corrected chi connectivity index (χ2v) is 3.76. The van der Waals surface area contributed by atoms with E-state index < -0.39 is 12.0 Å². The highest BCUT2D eigenvalue weighted by molar-refractivity contribution is 5.75. The van der Waals surface area contributed by atoms with Crippen molar-refractivity contribution in [3.63, 3.8) is 0 Å². The largest absolute Gasteiger partial charge is 0.480 e. The molecule has 0 aliphatic heterocycles. The molecule has 0 spiro atoms. The quantitative estimate of drug-likeness (QED) is 0.516. The van der Waals surface area contributed by atoms with Gasteiger partial charge in [0.15, 0.2) is 0 Å². The molecule has 0 aliphatic carbocycles. The van der Waals surface area contributed by atoms with Crippen LogP contribution in [0, 0.1) is 0 Å². The van der Waals surface area contributed by atoms with Gasteiger partial charge in [0.05, 0.1) is 0 Å². The monoisotopic (exact) mass is 208 g/mol. The van der Waals surface area contributed by atoms with Crippen LogP contribution in [0.2, 0.25) is 0 Å². The highest BCUT2D eigenvalue weighted by Crippen LogP contribution is 2.18. The van der Waals surface area contributed by atoms with Crippen molar-refractivity contribution in [3.05, 3.63) is 35.4 Å². The number of carboxylic acid groups (broad SMARTS) is 1. The average Bonchev–Trinajstić information content (AvgIpc) is 2.19. The summed E-state index contributed by atoms with van der Waals surface area (Å²) in [7, 11) is 0. The number of hydrogen-bond acceptors (Lipinski definition) is 3. The number of hydrazine groups is 1.